The topological polar surface area (TPSA) is 50.6 Å². The standard InChI is InChI=1S/C17H30N4O2/c1-13(2)21(12-16-14(3)18-19(5)15(16)4)17(22)8-10-20-9-6-7-11-23-20/h13H,6-12H2,1-5H3. The summed E-state index contributed by atoms with van der Waals surface area (Å²) < 4.78 is 1.88. The number of aromatic nitrogens is 2. The maximum absolute atomic E-state index is 12.7. The van der Waals surface area contributed by atoms with Crippen molar-refractivity contribution in [2.45, 2.75) is 59.5 Å². The fraction of sp³-hybridized carbons (Fsp3) is 0.765. The van der Waals surface area contributed by atoms with Gasteiger partial charge in [0.1, 0.15) is 0 Å². The van der Waals surface area contributed by atoms with Gasteiger partial charge in [-0.25, -0.2) is 0 Å². The minimum Gasteiger partial charge on any atom is -0.336 e. The Balaban J connectivity index is 1.98. The van der Waals surface area contributed by atoms with E-state index in [1.54, 1.807) is 0 Å². The van der Waals surface area contributed by atoms with Crippen molar-refractivity contribution >= 4 is 5.91 Å². The van der Waals surface area contributed by atoms with Gasteiger partial charge in [0.2, 0.25) is 5.91 Å². The zero-order valence-corrected chi connectivity index (χ0v) is 15.1. The van der Waals surface area contributed by atoms with Crippen LogP contribution in [-0.2, 0) is 23.2 Å². The van der Waals surface area contributed by atoms with Gasteiger partial charge in [-0.3, -0.25) is 14.3 Å². The zero-order valence-electron chi connectivity index (χ0n) is 15.1. The molecule has 0 atom stereocenters. The molecule has 0 aromatic carbocycles. The van der Waals surface area contributed by atoms with Gasteiger partial charge in [0.05, 0.1) is 12.3 Å². The van der Waals surface area contributed by atoms with Crippen molar-refractivity contribution in [3.8, 4) is 0 Å². The molecule has 0 spiro atoms. The molecule has 1 fully saturated rings. The van der Waals surface area contributed by atoms with E-state index in [-0.39, 0.29) is 11.9 Å². The first-order chi connectivity index (χ1) is 10.9. The van der Waals surface area contributed by atoms with Crippen LogP contribution in [0.2, 0.25) is 0 Å². The number of hydrogen-bond donors (Lipinski definition) is 0. The number of hydroxylamine groups is 2. The zero-order chi connectivity index (χ0) is 17.0. The third-order valence-corrected chi connectivity index (χ3v) is 4.58. The Morgan fingerprint density at radius 2 is 2.09 bits per heavy atom. The van der Waals surface area contributed by atoms with Gasteiger partial charge in [-0.15, -0.1) is 0 Å². The fourth-order valence-electron chi connectivity index (χ4n) is 2.96. The van der Waals surface area contributed by atoms with Crippen molar-refractivity contribution in [2.24, 2.45) is 7.05 Å². The van der Waals surface area contributed by atoms with E-state index in [2.05, 4.69) is 25.9 Å². The average molecular weight is 322 g/mol. The monoisotopic (exact) mass is 322 g/mol. The summed E-state index contributed by atoms with van der Waals surface area (Å²) in [6.45, 7) is 11.2. The van der Waals surface area contributed by atoms with E-state index in [1.807, 2.05) is 28.6 Å². The number of hydrogen-bond acceptors (Lipinski definition) is 4. The number of rotatable bonds is 6. The summed E-state index contributed by atoms with van der Waals surface area (Å²) >= 11 is 0. The van der Waals surface area contributed by atoms with Crippen molar-refractivity contribution in [3.05, 3.63) is 17.0 Å². The molecule has 0 saturated carbocycles. The molecule has 23 heavy (non-hydrogen) atoms. The lowest BCUT2D eigenvalue weighted by atomic mass is 10.1. The molecule has 2 rings (SSSR count). The molecule has 1 amide bonds. The smallest absolute Gasteiger partial charge is 0.224 e. The van der Waals surface area contributed by atoms with Crippen LogP contribution in [0.3, 0.4) is 0 Å². The molecule has 0 radical (unpaired) electrons. The van der Waals surface area contributed by atoms with Gasteiger partial charge < -0.3 is 4.90 Å². The van der Waals surface area contributed by atoms with Gasteiger partial charge in [-0.2, -0.15) is 10.2 Å². The van der Waals surface area contributed by atoms with E-state index in [4.69, 9.17) is 4.84 Å². The molecule has 0 N–H and O–H groups in total. The number of nitrogens with zero attached hydrogens (tertiary/aromatic N) is 4. The quantitative estimate of drug-likeness (QED) is 0.805. The summed E-state index contributed by atoms with van der Waals surface area (Å²) in [6, 6.07) is 0.170. The number of aryl methyl sites for hydroxylation is 2. The molecule has 1 aromatic heterocycles. The van der Waals surface area contributed by atoms with Crippen LogP contribution in [0.15, 0.2) is 0 Å². The van der Waals surface area contributed by atoms with Gasteiger partial charge >= 0.3 is 0 Å². The number of carbonyl (C=O) groups is 1. The second kappa shape index (κ2) is 7.93. The van der Waals surface area contributed by atoms with Crippen LogP contribution in [0.4, 0.5) is 0 Å². The highest BCUT2D eigenvalue weighted by atomic mass is 16.7. The lowest BCUT2D eigenvalue weighted by molar-refractivity contribution is -0.183. The first kappa shape index (κ1) is 17.9. The van der Waals surface area contributed by atoms with Gasteiger partial charge in [0.25, 0.3) is 0 Å². The Hall–Kier alpha value is -1.40. The van der Waals surface area contributed by atoms with Crippen molar-refractivity contribution in [2.75, 3.05) is 19.7 Å². The van der Waals surface area contributed by atoms with Crippen molar-refractivity contribution < 1.29 is 9.63 Å². The minimum absolute atomic E-state index is 0.170. The van der Waals surface area contributed by atoms with Crippen LogP contribution in [0.1, 0.15) is 50.1 Å². The molecule has 1 aliphatic rings. The van der Waals surface area contributed by atoms with E-state index in [9.17, 15) is 4.79 Å². The van der Waals surface area contributed by atoms with Crippen LogP contribution in [-0.4, -0.2) is 51.4 Å². The molecule has 6 nitrogen and oxygen atoms in total. The normalized spacial score (nSPS) is 16.1. The Morgan fingerprint density at radius 3 is 2.61 bits per heavy atom. The maximum atomic E-state index is 12.7. The Morgan fingerprint density at radius 1 is 1.35 bits per heavy atom. The summed E-state index contributed by atoms with van der Waals surface area (Å²) in [6.07, 6.45) is 2.76. The van der Waals surface area contributed by atoms with Crippen LogP contribution < -0.4 is 0 Å². The van der Waals surface area contributed by atoms with E-state index in [0.717, 1.165) is 42.9 Å². The lowest BCUT2D eigenvalue weighted by Crippen LogP contribution is -2.39. The first-order valence-electron chi connectivity index (χ1n) is 8.56. The lowest BCUT2D eigenvalue weighted by Gasteiger charge is -2.30. The maximum Gasteiger partial charge on any atom is 0.224 e. The summed E-state index contributed by atoms with van der Waals surface area (Å²) in [7, 11) is 1.95. The van der Waals surface area contributed by atoms with E-state index in [0.29, 0.717) is 19.5 Å². The van der Waals surface area contributed by atoms with Crippen molar-refractivity contribution in [1.82, 2.24) is 19.7 Å². The Labute approximate surface area is 139 Å². The van der Waals surface area contributed by atoms with E-state index < -0.39 is 0 Å². The molecule has 2 heterocycles. The van der Waals surface area contributed by atoms with Crippen LogP contribution in [0.25, 0.3) is 0 Å². The van der Waals surface area contributed by atoms with Crippen molar-refractivity contribution in [1.29, 1.82) is 0 Å². The predicted molar refractivity (Wildman–Crippen MR) is 89.7 cm³/mol. The minimum atomic E-state index is 0.170. The first-order valence-corrected chi connectivity index (χ1v) is 8.56. The summed E-state index contributed by atoms with van der Waals surface area (Å²) in [5.74, 6) is 0.178. The van der Waals surface area contributed by atoms with Gasteiger partial charge in [-0.1, -0.05) is 0 Å². The molecular formula is C17H30N4O2. The van der Waals surface area contributed by atoms with Crippen molar-refractivity contribution in [3.63, 3.8) is 0 Å². The van der Waals surface area contributed by atoms with Crippen LogP contribution in [0.5, 0.6) is 0 Å². The largest absolute Gasteiger partial charge is 0.336 e. The average Bonchev–Trinajstić information content (AvgIpc) is 2.76. The highest BCUT2D eigenvalue weighted by Crippen LogP contribution is 2.17. The summed E-state index contributed by atoms with van der Waals surface area (Å²) in [5.41, 5.74) is 3.28. The molecule has 1 aliphatic heterocycles. The van der Waals surface area contributed by atoms with E-state index >= 15 is 0 Å². The molecular weight excluding hydrogens is 292 g/mol. The van der Waals surface area contributed by atoms with Gasteiger partial charge in [0.15, 0.2) is 0 Å². The number of amides is 1. The Kier molecular flexibility index (Phi) is 6.18. The Bertz CT molecular complexity index is 533. The molecule has 0 unspecified atom stereocenters. The molecule has 0 aliphatic carbocycles. The molecule has 1 saturated heterocycles. The SMILES string of the molecule is Cc1nn(C)c(C)c1CN(C(=O)CCN1CCCCO1)C(C)C. The second-order valence-corrected chi connectivity index (χ2v) is 6.61. The fourth-order valence-corrected chi connectivity index (χ4v) is 2.96. The third kappa shape index (κ3) is 4.54. The van der Waals surface area contributed by atoms with Gasteiger partial charge in [-0.05, 0) is 40.5 Å². The van der Waals surface area contributed by atoms with E-state index in [1.165, 1.54) is 0 Å². The molecule has 6 heteroatoms. The predicted octanol–water partition coefficient (Wildman–Crippen LogP) is 2.19. The molecule has 130 valence electrons. The molecule has 0 bridgehead atoms. The van der Waals surface area contributed by atoms with Crippen LogP contribution >= 0.6 is 0 Å². The molecule has 1 aromatic rings. The highest BCUT2D eigenvalue weighted by Gasteiger charge is 2.22. The third-order valence-electron chi connectivity index (χ3n) is 4.58. The second-order valence-electron chi connectivity index (χ2n) is 6.61. The summed E-state index contributed by atoms with van der Waals surface area (Å²) in [4.78, 5) is 20.2. The van der Waals surface area contributed by atoms with Gasteiger partial charge in [0, 0.05) is 50.4 Å². The highest BCUT2D eigenvalue weighted by molar-refractivity contribution is 5.76. The van der Waals surface area contributed by atoms with Crippen LogP contribution in [0, 0.1) is 13.8 Å². The summed E-state index contributed by atoms with van der Waals surface area (Å²) in [5, 5.41) is 6.38. The number of carbonyl (C=O) groups excluding carboxylic acids is 1.